The van der Waals surface area contributed by atoms with Crippen molar-refractivity contribution in [1.29, 1.82) is 0 Å². The van der Waals surface area contributed by atoms with E-state index in [1.54, 1.807) is 0 Å². The highest BCUT2D eigenvalue weighted by Crippen LogP contribution is 2.33. The number of H-pyrrole nitrogens is 1. The van der Waals surface area contributed by atoms with Crippen LogP contribution in [0.25, 0.3) is 11.5 Å². The van der Waals surface area contributed by atoms with Crippen LogP contribution in [0.5, 0.6) is 0 Å². The summed E-state index contributed by atoms with van der Waals surface area (Å²) >= 11 is 0. The van der Waals surface area contributed by atoms with Crippen LogP contribution < -0.4 is 10.9 Å². The Balaban J connectivity index is 2.05. The predicted octanol–water partition coefficient (Wildman–Crippen LogP) is 2.81. The lowest BCUT2D eigenvalue weighted by molar-refractivity contribution is -0.0101. The van der Waals surface area contributed by atoms with Crippen molar-refractivity contribution in [2.45, 2.75) is 52.4 Å². The summed E-state index contributed by atoms with van der Waals surface area (Å²) in [7, 11) is 0. The van der Waals surface area contributed by atoms with Gasteiger partial charge in [-0.25, -0.2) is 9.97 Å². The monoisotopic (exact) mass is 314 g/mol. The van der Waals surface area contributed by atoms with Gasteiger partial charge in [0, 0.05) is 5.54 Å². The van der Waals surface area contributed by atoms with E-state index in [1.807, 2.05) is 32.0 Å². The summed E-state index contributed by atoms with van der Waals surface area (Å²) in [4.78, 5) is 24.3. The Kier molecular flexibility index (Phi) is 3.52. The quantitative estimate of drug-likeness (QED) is 0.891. The van der Waals surface area contributed by atoms with E-state index >= 15 is 0 Å². The molecule has 0 radical (unpaired) electrons. The molecule has 1 aliphatic heterocycles. The number of aromatic nitrogens is 3. The molecule has 0 fully saturated rings. The van der Waals surface area contributed by atoms with E-state index in [-0.39, 0.29) is 11.1 Å². The number of rotatable bonds is 2. The molecule has 1 aliphatic rings. The van der Waals surface area contributed by atoms with Gasteiger partial charge in [0.15, 0.2) is 5.82 Å². The molecule has 3 rings (SSSR count). The fourth-order valence-electron chi connectivity index (χ4n) is 2.59. The second-order valence-electron chi connectivity index (χ2n) is 7.32. The maximum absolute atomic E-state index is 12.3. The van der Waals surface area contributed by atoms with Crippen molar-refractivity contribution in [3.05, 3.63) is 39.8 Å². The first-order valence-corrected chi connectivity index (χ1v) is 7.69. The lowest BCUT2D eigenvalue weighted by Crippen LogP contribution is -2.26. The molecule has 2 aromatic heterocycles. The molecule has 6 nitrogen and oxygen atoms in total. The van der Waals surface area contributed by atoms with Gasteiger partial charge in [-0.1, -0.05) is 6.07 Å². The Bertz CT molecular complexity index is 803. The second-order valence-corrected chi connectivity index (χ2v) is 7.32. The maximum atomic E-state index is 12.3. The van der Waals surface area contributed by atoms with Gasteiger partial charge >= 0.3 is 0 Å². The number of nitrogens with zero attached hydrogens (tertiary/aromatic N) is 2. The summed E-state index contributed by atoms with van der Waals surface area (Å²) in [6.45, 7) is 10.3. The fourth-order valence-corrected chi connectivity index (χ4v) is 2.59. The zero-order valence-corrected chi connectivity index (χ0v) is 14.2. The van der Waals surface area contributed by atoms with E-state index < -0.39 is 5.60 Å². The van der Waals surface area contributed by atoms with Crippen molar-refractivity contribution in [3.63, 3.8) is 0 Å². The summed E-state index contributed by atoms with van der Waals surface area (Å²) in [5, 5.41) is 3.32. The van der Waals surface area contributed by atoms with Gasteiger partial charge in [0.2, 0.25) is 0 Å². The van der Waals surface area contributed by atoms with Crippen LogP contribution >= 0.6 is 0 Å². The molecule has 0 atom stereocenters. The van der Waals surface area contributed by atoms with E-state index in [0.717, 1.165) is 5.82 Å². The molecule has 0 aliphatic carbocycles. The molecule has 0 aromatic carbocycles. The van der Waals surface area contributed by atoms with Gasteiger partial charge in [-0.05, 0) is 46.8 Å². The highest BCUT2D eigenvalue weighted by molar-refractivity contribution is 5.54. The minimum absolute atomic E-state index is 0.0970. The van der Waals surface area contributed by atoms with Crippen molar-refractivity contribution in [3.8, 4) is 11.5 Å². The van der Waals surface area contributed by atoms with Gasteiger partial charge in [0.25, 0.3) is 5.56 Å². The molecule has 0 spiro atoms. The standard InChI is InChI=1S/C17H22N4O2/c1-16(2,3)21-12-8-6-7-11(18-12)14-19-13-10(15(22)20-14)9-23-17(13,4)5/h6-8H,9H2,1-5H3,(H,18,21)(H,19,20,22). The van der Waals surface area contributed by atoms with Crippen LogP contribution in [0, 0.1) is 0 Å². The number of hydrogen-bond acceptors (Lipinski definition) is 5. The SMILES string of the molecule is CC(C)(C)Nc1cccc(-c2nc3c(c(=O)[nH]2)COC3(C)C)n1. The van der Waals surface area contributed by atoms with E-state index in [0.29, 0.717) is 29.4 Å². The predicted molar refractivity (Wildman–Crippen MR) is 89.3 cm³/mol. The van der Waals surface area contributed by atoms with Gasteiger partial charge in [-0.15, -0.1) is 0 Å². The molecule has 23 heavy (non-hydrogen) atoms. The lowest BCUT2D eigenvalue weighted by Gasteiger charge is -2.21. The van der Waals surface area contributed by atoms with Crippen molar-refractivity contribution in [2.24, 2.45) is 0 Å². The summed E-state index contributed by atoms with van der Waals surface area (Å²) < 4.78 is 5.66. The Hall–Kier alpha value is -2.21. The average molecular weight is 314 g/mol. The van der Waals surface area contributed by atoms with Crippen LogP contribution in [0.3, 0.4) is 0 Å². The number of anilines is 1. The number of fused-ring (bicyclic) bond motifs is 1. The third-order valence-electron chi connectivity index (χ3n) is 3.66. The summed E-state index contributed by atoms with van der Waals surface area (Å²) in [6.07, 6.45) is 0. The first kappa shape index (κ1) is 15.7. The van der Waals surface area contributed by atoms with Crippen molar-refractivity contribution >= 4 is 5.82 Å². The highest BCUT2D eigenvalue weighted by atomic mass is 16.5. The zero-order chi connectivity index (χ0) is 16.8. The van der Waals surface area contributed by atoms with E-state index in [4.69, 9.17) is 4.74 Å². The third-order valence-corrected chi connectivity index (χ3v) is 3.66. The lowest BCUT2D eigenvalue weighted by atomic mass is 10.0. The van der Waals surface area contributed by atoms with E-state index in [2.05, 4.69) is 41.0 Å². The average Bonchev–Trinajstić information content (AvgIpc) is 2.73. The first-order chi connectivity index (χ1) is 10.7. The van der Waals surface area contributed by atoms with Crippen LogP contribution in [-0.2, 0) is 16.9 Å². The smallest absolute Gasteiger partial charge is 0.257 e. The molecular formula is C17H22N4O2. The van der Waals surface area contributed by atoms with Gasteiger partial charge in [-0.2, -0.15) is 0 Å². The number of aromatic amines is 1. The summed E-state index contributed by atoms with van der Waals surface area (Å²) in [5.41, 5.74) is 1.10. The Morgan fingerprint density at radius 2 is 2.00 bits per heavy atom. The van der Waals surface area contributed by atoms with Gasteiger partial charge in [0.1, 0.15) is 17.1 Å². The number of pyridine rings is 1. The summed E-state index contributed by atoms with van der Waals surface area (Å²) in [6, 6.07) is 5.62. The fraction of sp³-hybridized carbons (Fsp3) is 0.471. The Morgan fingerprint density at radius 1 is 1.26 bits per heavy atom. The Labute approximate surface area is 135 Å². The van der Waals surface area contributed by atoms with Crippen LogP contribution in [0.2, 0.25) is 0 Å². The van der Waals surface area contributed by atoms with Crippen molar-refractivity contribution < 1.29 is 4.74 Å². The number of ether oxygens (including phenoxy) is 1. The van der Waals surface area contributed by atoms with Gasteiger partial charge in [-0.3, -0.25) is 4.79 Å². The minimum atomic E-state index is -0.556. The zero-order valence-electron chi connectivity index (χ0n) is 14.2. The Morgan fingerprint density at radius 3 is 2.70 bits per heavy atom. The third kappa shape index (κ3) is 3.12. The van der Waals surface area contributed by atoms with Crippen molar-refractivity contribution in [1.82, 2.24) is 15.0 Å². The van der Waals surface area contributed by atoms with Crippen molar-refractivity contribution in [2.75, 3.05) is 5.32 Å². The maximum Gasteiger partial charge on any atom is 0.257 e. The van der Waals surface area contributed by atoms with Crippen LogP contribution in [0.15, 0.2) is 23.0 Å². The molecule has 122 valence electrons. The highest BCUT2D eigenvalue weighted by Gasteiger charge is 2.35. The van der Waals surface area contributed by atoms with Gasteiger partial charge in [0.05, 0.1) is 17.9 Å². The molecule has 6 heteroatoms. The molecule has 2 N–H and O–H groups in total. The molecule has 0 saturated heterocycles. The van der Waals surface area contributed by atoms with E-state index in [1.165, 1.54) is 0 Å². The van der Waals surface area contributed by atoms with E-state index in [9.17, 15) is 4.79 Å². The molecule has 0 saturated carbocycles. The molecule has 0 amide bonds. The molecule has 0 bridgehead atoms. The van der Waals surface area contributed by atoms with Crippen LogP contribution in [0.4, 0.5) is 5.82 Å². The normalized spacial score (nSPS) is 16.2. The molecule has 3 heterocycles. The summed E-state index contributed by atoms with van der Waals surface area (Å²) in [5.74, 6) is 1.21. The first-order valence-electron chi connectivity index (χ1n) is 7.69. The molecule has 2 aromatic rings. The van der Waals surface area contributed by atoms with Gasteiger partial charge < -0.3 is 15.0 Å². The number of hydrogen-bond donors (Lipinski definition) is 2. The minimum Gasteiger partial charge on any atom is -0.365 e. The van der Waals surface area contributed by atoms with Crippen LogP contribution in [-0.4, -0.2) is 20.5 Å². The number of nitrogens with one attached hydrogen (secondary N) is 2. The topological polar surface area (TPSA) is 79.9 Å². The van der Waals surface area contributed by atoms with Crippen LogP contribution in [0.1, 0.15) is 45.9 Å². The molecule has 0 unspecified atom stereocenters. The second kappa shape index (κ2) is 5.16. The molecular weight excluding hydrogens is 292 g/mol. The largest absolute Gasteiger partial charge is 0.365 e.